The summed E-state index contributed by atoms with van der Waals surface area (Å²) in [6.07, 6.45) is 8.19. The maximum absolute atomic E-state index is 12.4. The number of rotatable bonds is 8. The van der Waals surface area contributed by atoms with E-state index in [0.717, 1.165) is 18.0 Å². The smallest absolute Gasteiger partial charge is 0.233 e. The van der Waals surface area contributed by atoms with Crippen molar-refractivity contribution < 1.29 is 9.90 Å². The Morgan fingerprint density at radius 3 is 2.86 bits per heavy atom. The van der Waals surface area contributed by atoms with Gasteiger partial charge >= 0.3 is 0 Å². The second-order valence-electron chi connectivity index (χ2n) is 5.79. The third kappa shape index (κ3) is 3.58. The van der Waals surface area contributed by atoms with E-state index >= 15 is 0 Å². The fraction of sp³-hybridized carbons (Fsp3) is 0.786. The van der Waals surface area contributed by atoms with Crippen molar-refractivity contribution in [2.24, 2.45) is 0 Å². The summed E-state index contributed by atoms with van der Waals surface area (Å²) in [5.74, 6) is 0.566. The number of aliphatic hydroxyl groups excluding tert-OH is 1. The molecule has 2 aliphatic carbocycles. The Morgan fingerprint density at radius 1 is 1.43 bits per heavy atom. The topological polar surface area (TPSA) is 71.2 Å². The second kappa shape index (κ2) is 6.79. The van der Waals surface area contributed by atoms with Gasteiger partial charge in [0, 0.05) is 25.2 Å². The first-order valence-electron chi connectivity index (χ1n) is 7.72. The van der Waals surface area contributed by atoms with E-state index < -0.39 is 0 Å². The standard InChI is InChI=1S/C14H22N4O2S/c19-8-2-7-17(11-3-1-4-11)13(20)9-21-14-16-15-10-18(14)12-5-6-12/h10-12,19H,1-9H2. The van der Waals surface area contributed by atoms with Crippen LogP contribution in [0.15, 0.2) is 11.5 Å². The lowest BCUT2D eigenvalue weighted by molar-refractivity contribution is -0.132. The van der Waals surface area contributed by atoms with Crippen molar-refractivity contribution in [1.82, 2.24) is 19.7 Å². The lowest BCUT2D eigenvalue weighted by Gasteiger charge is -2.37. The van der Waals surface area contributed by atoms with Crippen molar-refractivity contribution in [3.8, 4) is 0 Å². The van der Waals surface area contributed by atoms with Gasteiger partial charge in [-0.15, -0.1) is 10.2 Å². The Labute approximate surface area is 128 Å². The predicted octanol–water partition coefficient (Wildman–Crippen LogP) is 1.47. The summed E-state index contributed by atoms with van der Waals surface area (Å²) in [5, 5.41) is 17.9. The van der Waals surface area contributed by atoms with Gasteiger partial charge in [0.25, 0.3) is 0 Å². The lowest BCUT2D eigenvalue weighted by Crippen LogP contribution is -2.45. The largest absolute Gasteiger partial charge is 0.396 e. The highest BCUT2D eigenvalue weighted by atomic mass is 32.2. The van der Waals surface area contributed by atoms with Crippen LogP contribution in [0.5, 0.6) is 0 Å². The maximum atomic E-state index is 12.4. The third-order valence-corrected chi connectivity index (χ3v) is 5.14. The SMILES string of the molecule is O=C(CSc1nncn1C1CC1)N(CCCO)C1CCC1. The molecule has 0 aliphatic heterocycles. The van der Waals surface area contributed by atoms with Gasteiger partial charge in [-0.2, -0.15) is 0 Å². The van der Waals surface area contributed by atoms with E-state index in [-0.39, 0.29) is 12.5 Å². The van der Waals surface area contributed by atoms with E-state index in [1.807, 2.05) is 4.90 Å². The molecule has 7 heteroatoms. The van der Waals surface area contributed by atoms with Gasteiger partial charge in [-0.05, 0) is 38.5 Å². The highest BCUT2D eigenvalue weighted by molar-refractivity contribution is 7.99. The number of carbonyl (C=O) groups is 1. The van der Waals surface area contributed by atoms with Crippen LogP contribution in [0, 0.1) is 0 Å². The molecule has 6 nitrogen and oxygen atoms in total. The van der Waals surface area contributed by atoms with Gasteiger partial charge in [0.1, 0.15) is 6.33 Å². The Kier molecular flexibility index (Phi) is 4.80. The van der Waals surface area contributed by atoms with Gasteiger partial charge in [0.05, 0.1) is 5.75 Å². The summed E-state index contributed by atoms with van der Waals surface area (Å²) in [6.45, 7) is 0.801. The van der Waals surface area contributed by atoms with Crippen LogP contribution < -0.4 is 0 Å². The summed E-state index contributed by atoms with van der Waals surface area (Å²) < 4.78 is 2.08. The molecule has 0 spiro atoms. The number of carbonyl (C=O) groups excluding carboxylic acids is 1. The highest BCUT2D eigenvalue weighted by Crippen LogP contribution is 2.37. The third-order valence-electron chi connectivity index (χ3n) is 4.20. The van der Waals surface area contributed by atoms with Crippen LogP contribution in [0.2, 0.25) is 0 Å². The van der Waals surface area contributed by atoms with Gasteiger partial charge in [0.2, 0.25) is 5.91 Å². The number of aliphatic hydroxyl groups is 1. The summed E-state index contributed by atoms with van der Waals surface area (Å²) in [4.78, 5) is 14.4. The van der Waals surface area contributed by atoms with Crippen LogP contribution in [-0.4, -0.2) is 55.6 Å². The average molecular weight is 310 g/mol. The molecule has 0 radical (unpaired) electrons. The van der Waals surface area contributed by atoms with Crippen LogP contribution >= 0.6 is 11.8 Å². The minimum atomic E-state index is 0.139. The quantitative estimate of drug-likeness (QED) is 0.736. The van der Waals surface area contributed by atoms with Gasteiger partial charge in [0.15, 0.2) is 5.16 Å². The van der Waals surface area contributed by atoms with Crippen molar-refractivity contribution in [3.63, 3.8) is 0 Å². The normalized spacial score (nSPS) is 18.5. The summed E-state index contributed by atoms with van der Waals surface area (Å²) in [5.41, 5.74) is 0. The highest BCUT2D eigenvalue weighted by Gasteiger charge is 2.29. The van der Waals surface area contributed by atoms with Crippen molar-refractivity contribution in [3.05, 3.63) is 6.33 Å². The Hall–Kier alpha value is -1.08. The molecule has 1 amide bonds. The zero-order valence-corrected chi connectivity index (χ0v) is 13.0. The number of hydrogen-bond acceptors (Lipinski definition) is 5. The maximum Gasteiger partial charge on any atom is 0.233 e. The van der Waals surface area contributed by atoms with Crippen molar-refractivity contribution in [2.45, 2.75) is 55.8 Å². The summed E-state index contributed by atoms with van der Waals surface area (Å²) in [6, 6.07) is 0.917. The van der Waals surface area contributed by atoms with E-state index in [0.29, 0.717) is 30.8 Å². The van der Waals surface area contributed by atoms with Crippen molar-refractivity contribution >= 4 is 17.7 Å². The van der Waals surface area contributed by atoms with E-state index in [1.165, 1.54) is 31.0 Å². The van der Waals surface area contributed by atoms with Gasteiger partial charge in [-0.3, -0.25) is 4.79 Å². The molecule has 116 valence electrons. The number of amides is 1. The van der Waals surface area contributed by atoms with Gasteiger partial charge in [-0.25, -0.2) is 0 Å². The molecule has 0 saturated heterocycles. The Balaban J connectivity index is 1.54. The summed E-state index contributed by atoms with van der Waals surface area (Å²) in [7, 11) is 0. The molecule has 1 aromatic rings. The molecule has 3 rings (SSSR count). The molecule has 21 heavy (non-hydrogen) atoms. The summed E-state index contributed by atoms with van der Waals surface area (Å²) >= 11 is 1.48. The van der Waals surface area contributed by atoms with Gasteiger partial charge in [-0.1, -0.05) is 11.8 Å². The molecule has 0 atom stereocenters. The van der Waals surface area contributed by atoms with E-state index in [4.69, 9.17) is 5.11 Å². The zero-order valence-electron chi connectivity index (χ0n) is 12.1. The van der Waals surface area contributed by atoms with Crippen LogP contribution in [0.1, 0.15) is 44.6 Å². The van der Waals surface area contributed by atoms with E-state index in [9.17, 15) is 4.79 Å². The minimum Gasteiger partial charge on any atom is -0.396 e. The molecular weight excluding hydrogens is 288 g/mol. The monoisotopic (exact) mass is 310 g/mol. The molecule has 0 aromatic carbocycles. The zero-order chi connectivity index (χ0) is 14.7. The lowest BCUT2D eigenvalue weighted by atomic mass is 9.91. The van der Waals surface area contributed by atoms with Crippen LogP contribution in [0.3, 0.4) is 0 Å². The van der Waals surface area contributed by atoms with Crippen LogP contribution in [0.4, 0.5) is 0 Å². The number of hydrogen-bond donors (Lipinski definition) is 1. The molecule has 2 fully saturated rings. The average Bonchev–Trinajstić information content (AvgIpc) is 3.17. The molecule has 1 aromatic heterocycles. The van der Waals surface area contributed by atoms with Crippen molar-refractivity contribution in [2.75, 3.05) is 18.9 Å². The first kappa shape index (κ1) is 14.8. The molecule has 2 saturated carbocycles. The molecule has 1 heterocycles. The fourth-order valence-corrected chi connectivity index (χ4v) is 3.47. The molecule has 1 N–H and O–H groups in total. The Bertz CT molecular complexity index is 485. The van der Waals surface area contributed by atoms with Gasteiger partial charge < -0.3 is 14.6 Å². The number of nitrogens with zero attached hydrogens (tertiary/aromatic N) is 4. The molecule has 2 aliphatic rings. The first-order chi connectivity index (χ1) is 10.3. The minimum absolute atomic E-state index is 0.139. The second-order valence-corrected chi connectivity index (χ2v) is 6.73. The fourth-order valence-electron chi connectivity index (χ4n) is 2.60. The van der Waals surface area contributed by atoms with E-state index in [2.05, 4.69) is 14.8 Å². The van der Waals surface area contributed by atoms with Crippen LogP contribution in [-0.2, 0) is 4.79 Å². The molecule has 0 unspecified atom stereocenters. The first-order valence-corrected chi connectivity index (χ1v) is 8.71. The number of aromatic nitrogens is 3. The Morgan fingerprint density at radius 2 is 2.24 bits per heavy atom. The van der Waals surface area contributed by atoms with Crippen molar-refractivity contribution in [1.29, 1.82) is 0 Å². The van der Waals surface area contributed by atoms with Crippen LogP contribution in [0.25, 0.3) is 0 Å². The number of thioether (sulfide) groups is 1. The van der Waals surface area contributed by atoms with E-state index in [1.54, 1.807) is 6.33 Å². The molecular formula is C14H22N4O2S. The predicted molar refractivity (Wildman–Crippen MR) is 80.1 cm³/mol. The molecule has 0 bridgehead atoms.